The molecule has 0 saturated heterocycles. The van der Waals surface area contributed by atoms with E-state index < -0.39 is 23.8 Å². The first-order valence-electron chi connectivity index (χ1n) is 13.9. The van der Waals surface area contributed by atoms with Crippen LogP contribution in [0.4, 0.5) is 10.5 Å². The highest BCUT2D eigenvalue weighted by molar-refractivity contribution is 5.99. The Morgan fingerprint density at radius 1 is 0.927 bits per heavy atom. The van der Waals surface area contributed by atoms with Gasteiger partial charge in [-0.15, -0.1) is 0 Å². The van der Waals surface area contributed by atoms with Gasteiger partial charge in [0.2, 0.25) is 5.91 Å². The van der Waals surface area contributed by atoms with E-state index in [0.29, 0.717) is 17.0 Å². The van der Waals surface area contributed by atoms with Crippen LogP contribution in [-0.2, 0) is 20.7 Å². The summed E-state index contributed by atoms with van der Waals surface area (Å²) in [5.41, 5.74) is 2.47. The van der Waals surface area contributed by atoms with Gasteiger partial charge in [0, 0.05) is 18.2 Å². The fraction of sp³-hybridized carbons (Fsp3) is 0.364. The van der Waals surface area contributed by atoms with Crippen LogP contribution in [0.25, 0.3) is 0 Å². The molecule has 0 bridgehead atoms. The lowest BCUT2D eigenvalue weighted by atomic mass is 9.99. The predicted molar refractivity (Wildman–Crippen MR) is 159 cm³/mol. The molecule has 1 fully saturated rings. The lowest BCUT2D eigenvalue weighted by Crippen LogP contribution is -2.54. The van der Waals surface area contributed by atoms with Crippen LogP contribution in [0.5, 0.6) is 5.75 Å². The van der Waals surface area contributed by atoms with Gasteiger partial charge in [-0.1, -0.05) is 60.2 Å². The van der Waals surface area contributed by atoms with Gasteiger partial charge >= 0.3 is 6.09 Å². The number of ether oxygens (including phenoxy) is 2. The Labute approximate surface area is 242 Å². The molecule has 0 spiro atoms. The molecule has 8 nitrogen and oxygen atoms in total. The second kappa shape index (κ2) is 12.9. The number of rotatable bonds is 10. The lowest BCUT2D eigenvalue weighted by Gasteiger charge is -2.35. The second-order valence-electron chi connectivity index (χ2n) is 11.4. The molecule has 1 aliphatic carbocycles. The normalized spacial score (nSPS) is 14.4. The molecule has 3 amide bonds. The Balaban J connectivity index is 1.69. The molecule has 216 valence electrons. The molecular weight excluding hydrogens is 518 g/mol. The van der Waals surface area contributed by atoms with Gasteiger partial charge in [0.1, 0.15) is 23.4 Å². The van der Waals surface area contributed by atoms with Crippen LogP contribution in [0.2, 0.25) is 0 Å². The number of amides is 3. The average Bonchev–Trinajstić information content (AvgIpc) is 3.77. The van der Waals surface area contributed by atoms with Gasteiger partial charge < -0.3 is 25.0 Å². The zero-order valence-electron chi connectivity index (χ0n) is 24.3. The van der Waals surface area contributed by atoms with E-state index in [0.717, 1.165) is 24.0 Å². The molecule has 8 heteroatoms. The van der Waals surface area contributed by atoms with Crippen molar-refractivity contribution in [1.82, 2.24) is 10.2 Å². The van der Waals surface area contributed by atoms with Gasteiger partial charge in [0.05, 0.1) is 7.11 Å². The molecule has 1 aliphatic rings. The summed E-state index contributed by atoms with van der Waals surface area (Å²) in [7, 11) is 1.58. The Morgan fingerprint density at radius 2 is 1.56 bits per heavy atom. The smallest absolute Gasteiger partial charge is 0.408 e. The molecule has 2 atom stereocenters. The van der Waals surface area contributed by atoms with Crippen LogP contribution in [0.3, 0.4) is 0 Å². The van der Waals surface area contributed by atoms with Crippen molar-refractivity contribution in [3.8, 4) is 5.75 Å². The maximum absolute atomic E-state index is 14.4. The third kappa shape index (κ3) is 8.33. The predicted octanol–water partition coefficient (Wildman–Crippen LogP) is 5.81. The van der Waals surface area contributed by atoms with E-state index in [2.05, 4.69) is 10.6 Å². The molecule has 1 saturated carbocycles. The van der Waals surface area contributed by atoms with Crippen LogP contribution >= 0.6 is 0 Å². The number of hydrogen-bond donors (Lipinski definition) is 2. The molecule has 0 heterocycles. The molecule has 0 aromatic heterocycles. The van der Waals surface area contributed by atoms with E-state index >= 15 is 0 Å². The minimum atomic E-state index is -0.936. The highest BCUT2D eigenvalue weighted by Gasteiger charge is 2.44. The fourth-order valence-corrected chi connectivity index (χ4v) is 4.62. The van der Waals surface area contributed by atoms with Gasteiger partial charge in [0.15, 0.2) is 0 Å². The standard InChI is InChI=1S/C33H39N3O5/c1-22-11-13-24(14-12-22)29(30(37)34-25-15-19-27(40-5)20-16-25)36(26-17-18-26)31(38)28(21-23-9-7-6-8-10-23)35-32(39)41-33(2,3)4/h6-16,19-20,26,28-29H,17-18,21H2,1-5H3,(H,34,37)(H,35,39). The van der Waals surface area contributed by atoms with E-state index in [1.54, 1.807) is 57.0 Å². The Morgan fingerprint density at radius 3 is 2.12 bits per heavy atom. The number of hydrogen-bond acceptors (Lipinski definition) is 5. The van der Waals surface area contributed by atoms with Crippen LogP contribution in [0.1, 0.15) is 56.3 Å². The maximum atomic E-state index is 14.4. The summed E-state index contributed by atoms with van der Waals surface area (Å²) in [5, 5.41) is 5.79. The number of carbonyl (C=O) groups excluding carboxylic acids is 3. The molecule has 2 N–H and O–H groups in total. The number of aryl methyl sites for hydroxylation is 1. The Bertz CT molecular complexity index is 1330. The fourth-order valence-electron chi connectivity index (χ4n) is 4.62. The van der Waals surface area contributed by atoms with E-state index in [-0.39, 0.29) is 24.3 Å². The minimum Gasteiger partial charge on any atom is -0.497 e. The summed E-state index contributed by atoms with van der Waals surface area (Å²) in [6.07, 6.45) is 1.11. The van der Waals surface area contributed by atoms with Gasteiger partial charge in [-0.2, -0.15) is 0 Å². The quantitative estimate of drug-likeness (QED) is 0.328. The highest BCUT2D eigenvalue weighted by atomic mass is 16.6. The van der Waals surface area contributed by atoms with Crippen molar-refractivity contribution in [2.75, 3.05) is 12.4 Å². The number of methoxy groups -OCH3 is 1. The van der Waals surface area contributed by atoms with Crippen molar-refractivity contribution in [3.05, 3.63) is 95.6 Å². The number of nitrogens with zero attached hydrogens (tertiary/aromatic N) is 1. The zero-order chi connectivity index (χ0) is 29.6. The van der Waals surface area contributed by atoms with Gasteiger partial charge in [-0.3, -0.25) is 9.59 Å². The highest BCUT2D eigenvalue weighted by Crippen LogP contribution is 2.36. The molecule has 3 aromatic carbocycles. The summed E-state index contributed by atoms with van der Waals surface area (Å²) in [6.45, 7) is 7.29. The Hall–Kier alpha value is -4.33. The number of carbonyl (C=O) groups is 3. The molecule has 4 rings (SSSR count). The zero-order valence-corrected chi connectivity index (χ0v) is 24.3. The molecular formula is C33H39N3O5. The molecule has 0 aliphatic heterocycles. The van der Waals surface area contributed by atoms with Crippen LogP contribution in [0.15, 0.2) is 78.9 Å². The largest absolute Gasteiger partial charge is 0.497 e. The first-order valence-corrected chi connectivity index (χ1v) is 13.9. The number of alkyl carbamates (subject to hydrolysis) is 1. The molecule has 2 unspecified atom stereocenters. The monoisotopic (exact) mass is 557 g/mol. The average molecular weight is 558 g/mol. The van der Waals surface area contributed by atoms with Gasteiger partial charge in [-0.25, -0.2) is 4.79 Å². The molecule has 41 heavy (non-hydrogen) atoms. The first kappa shape index (κ1) is 29.6. The van der Waals surface area contributed by atoms with Crippen LogP contribution in [0, 0.1) is 6.92 Å². The topological polar surface area (TPSA) is 97.0 Å². The summed E-state index contributed by atoms with van der Waals surface area (Å²) in [4.78, 5) is 42.9. The van der Waals surface area contributed by atoms with Gasteiger partial charge in [0.25, 0.3) is 5.91 Å². The van der Waals surface area contributed by atoms with Crippen molar-refractivity contribution in [1.29, 1.82) is 0 Å². The maximum Gasteiger partial charge on any atom is 0.408 e. The summed E-state index contributed by atoms with van der Waals surface area (Å²) in [6, 6.07) is 22.2. The van der Waals surface area contributed by atoms with Crippen LogP contribution in [-0.4, -0.2) is 47.6 Å². The Kier molecular flexibility index (Phi) is 9.32. The number of benzene rings is 3. The summed E-state index contributed by atoms with van der Waals surface area (Å²) < 4.78 is 10.7. The lowest BCUT2D eigenvalue weighted by molar-refractivity contribution is -0.141. The number of nitrogens with one attached hydrogen (secondary N) is 2. The van der Waals surface area contributed by atoms with Gasteiger partial charge in [-0.05, 0) is 75.9 Å². The first-order chi connectivity index (χ1) is 19.5. The third-order valence-electron chi connectivity index (χ3n) is 6.74. The van der Waals surface area contributed by atoms with Crippen LogP contribution < -0.4 is 15.4 Å². The summed E-state index contributed by atoms with van der Waals surface area (Å²) >= 11 is 0. The second-order valence-corrected chi connectivity index (χ2v) is 11.4. The van der Waals surface area contributed by atoms with Crippen molar-refractivity contribution in [2.24, 2.45) is 0 Å². The molecule has 3 aromatic rings. The van der Waals surface area contributed by atoms with Crippen molar-refractivity contribution in [2.45, 2.75) is 70.7 Å². The van der Waals surface area contributed by atoms with E-state index in [9.17, 15) is 14.4 Å². The van der Waals surface area contributed by atoms with Crippen molar-refractivity contribution in [3.63, 3.8) is 0 Å². The SMILES string of the molecule is COc1ccc(NC(=O)C(c2ccc(C)cc2)N(C(=O)C(Cc2ccccc2)NC(=O)OC(C)(C)C)C2CC2)cc1. The minimum absolute atomic E-state index is 0.130. The summed E-state index contributed by atoms with van der Waals surface area (Å²) in [5.74, 6) is -0.00231. The van der Waals surface area contributed by atoms with E-state index in [1.165, 1.54) is 0 Å². The van der Waals surface area contributed by atoms with E-state index in [4.69, 9.17) is 9.47 Å². The van der Waals surface area contributed by atoms with Crippen molar-refractivity contribution >= 4 is 23.6 Å². The molecule has 0 radical (unpaired) electrons. The van der Waals surface area contributed by atoms with E-state index in [1.807, 2.05) is 61.5 Å². The number of anilines is 1. The third-order valence-corrected chi connectivity index (χ3v) is 6.74. The van der Waals surface area contributed by atoms with Crippen molar-refractivity contribution < 1.29 is 23.9 Å².